The third kappa shape index (κ3) is 5.05. The molecule has 11 heteroatoms. The highest BCUT2D eigenvalue weighted by Gasteiger charge is 2.49. The van der Waals surface area contributed by atoms with Crippen LogP contribution in [0, 0.1) is 0 Å². The third-order valence-electron chi connectivity index (χ3n) is 7.19. The Bertz CT molecular complexity index is 1880. The number of ether oxygens (including phenoxy) is 2. The Morgan fingerprint density at radius 3 is 2.48 bits per heavy atom. The van der Waals surface area contributed by atoms with E-state index in [1.54, 1.807) is 45.3 Å². The van der Waals surface area contributed by atoms with Crippen LogP contribution in [0.3, 0.4) is 0 Å². The summed E-state index contributed by atoms with van der Waals surface area (Å²) in [5, 5.41) is 9.59. The van der Waals surface area contributed by atoms with E-state index in [0.717, 1.165) is 16.3 Å². The largest absolute Gasteiger partial charge is 0.481 e. The van der Waals surface area contributed by atoms with Crippen molar-refractivity contribution >= 4 is 28.3 Å². The molecule has 1 aliphatic heterocycles. The zero-order chi connectivity index (χ0) is 29.6. The number of hydrogen-bond donors (Lipinski definition) is 2. The van der Waals surface area contributed by atoms with Crippen LogP contribution in [0.2, 0.25) is 0 Å². The molecule has 11 nitrogen and oxygen atoms in total. The number of likely N-dealkylation sites (tertiary alicyclic amines) is 1. The molecule has 0 saturated carbocycles. The van der Waals surface area contributed by atoms with Gasteiger partial charge in [-0.2, -0.15) is 5.10 Å². The molecule has 214 valence electrons. The molecular formula is C31H30N6O5. The molecule has 6 rings (SSSR count). The van der Waals surface area contributed by atoms with Gasteiger partial charge in [0.05, 0.1) is 32.1 Å². The van der Waals surface area contributed by atoms with Crippen molar-refractivity contribution < 1.29 is 19.1 Å². The second kappa shape index (κ2) is 10.0. The number of hydrogen-bond acceptors (Lipinski definition) is 7. The molecule has 0 atom stereocenters. The highest BCUT2D eigenvalue weighted by atomic mass is 16.6. The fourth-order valence-electron chi connectivity index (χ4n) is 5.08. The maximum Gasteiger partial charge on any atom is 0.410 e. The molecule has 2 aromatic carbocycles. The average molecular weight is 567 g/mol. The Labute approximate surface area is 241 Å². The van der Waals surface area contributed by atoms with Crippen LogP contribution in [0.4, 0.5) is 4.79 Å². The van der Waals surface area contributed by atoms with Crippen LogP contribution < -0.4 is 15.6 Å². The summed E-state index contributed by atoms with van der Waals surface area (Å²) in [5.41, 5.74) is 0.401. The number of carbonyl (C=O) groups is 2. The van der Waals surface area contributed by atoms with E-state index in [9.17, 15) is 14.4 Å². The molecule has 2 N–H and O–H groups in total. The lowest BCUT2D eigenvalue weighted by molar-refractivity contribution is -0.0170. The lowest BCUT2D eigenvalue weighted by Crippen LogP contribution is -2.69. The second-order valence-electron chi connectivity index (χ2n) is 11.4. The number of aromatic amines is 1. The van der Waals surface area contributed by atoms with Gasteiger partial charge < -0.3 is 24.7 Å². The van der Waals surface area contributed by atoms with Gasteiger partial charge in [-0.25, -0.2) is 14.3 Å². The van der Waals surface area contributed by atoms with Crippen molar-refractivity contribution in [2.24, 2.45) is 0 Å². The van der Waals surface area contributed by atoms with Crippen LogP contribution in [-0.4, -0.2) is 62.3 Å². The Balaban J connectivity index is 1.29. The molecule has 42 heavy (non-hydrogen) atoms. The molecule has 0 bridgehead atoms. The predicted octanol–water partition coefficient (Wildman–Crippen LogP) is 4.12. The molecule has 0 unspecified atom stereocenters. The second-order valence-corrected chi connectivity index (χ2v) is 11.4. The molecule has 3 aromatic heterocycles. The van der Waals surface area contributed by atoms with Crippen LogP contribution in [0.5, 0.6) is 5.88 Å². The molecule has 4 heterocycles. The van der Waals surface area contributed by atoms with Crippen molar-refractivity contribution in [3.05, 3.63) is 94.7 Å². The van der Waals surface area contributed by atoms with Crippen molar-refractivity contribution in [3.8, 4) is 17.1 Å². The highest BCUT2D eigenvalue weighted by Crippen LogP contribution is 2.34. The Kier molecular flexibility index (Phi) is 6.44. The third-order valence-corrected chi connectivity index (χ3v) is 7.19. The number of amides is 2. The number of aromatic nitrogens is 4. The van der Waals surface area contributed by atoms with E-state index in [2.05, 4.69) is 20.4 Å². The zero-order valence-corrected chi connectivity index (χ0v) is 23.7. The van der Waals surface area contributed by atoms with Gasteiger partial charge in [-0.05, 0) is 49.2 Å². The van der Waals surface area contributed by atoms with Gasteiger partial charge in [0.2, 0.25) is 5.88 Å². The summed E-state index contributed by atoms with van der Waals surface area (Å²) >= 11 is 0. The molecular weight excluding hydrogens is 536 g/mol. The van der Waals surface area contributed by atoms with E-state index in [-0.39, 0.29) is 29.9 Å². The average Bonchev–Trinajstić information content (AvgIpc) is 3.39. The van der Waals surface area contributed by atoms with Gasteiger partial charge in [0.25, 0.3) is 11.5 Å². The van der Waals surface area contributed by atoms with E-state index in [1.807, 2.05) is 42.5 Å². The first-order valence-electron chi connectivity index (χ1n) is 13.5. The van der Waals surface area contributed by atoms with E-state index in [4.69, 9.17) is 9.47 Å². The minimum atomic E-state index is -0.939. The number of pyridine rings is 1. The zero-order valence-electron chi connectivity index (χ0n) is 23.7. The fourth-order valence-corrected chi connectivity index (χ4v) is 5.08. The Morgan fingerprint density at radius 1 is 1.02 bits per heavy atom. The van der Waals surface area contributed by atoms with E-state index in [0.29, 0.717) is 17.1 Å². The van der Waals surface area contributed by atoms with Gasteiger partial charge >= 0.3 is 6.09 Å². The fraction of sp³-hybridized carbons (Fsp3) is 0.258. The van der Waals surface area contributed by atoms with Gasteiger partial charge in [0, 0.05) is 23.9 Å². The van der Waals surface area contributed by atoms with Crippen LogP contribution >= 0.6 is 0 Å². The Morgan fingerprint density at radius 2 is 1.79 bits per heavy atom. The maximum atomic E-state index is 13.6. The highest BCUT2D eigenvalue weighted by molar-refractivity contribution is 5.94. The van der Waals surface area contributed by atoms with Crippen LogP contribution in [0.25, 0.3) is 27.5 Å². The standard InChI is InChI=1S/C31H30N6O5/c1-30(2,3)42-29(40)36-17-31(18-36,22-11-12-26(41-4)32-15-22)34-27(38)23-14-25-28(39)33-24(16-37(25)35-23)21-10-9-19-7-5-6-8-20(19)13-21/h5-16H,17-18H2,1-4H3,(H,33,39)(H,34,38). The van der Waals surface area contributed by atoms with Crippen molar-refractivity contribution in [2.45, 2.75) is 31.9 Å². The number of carbonyl (C=O) groups excluding carboxylic acids is 2. The summed E-state index contributed by atoms with van der Waals surface area (Å²) in [6.45, 7) is 5.72. The summed E-state index contributed by atoms with van der Waals surface area (Å²) in [7, 11) is 1.52. The van der Waals surface area contributed by atoms with Crippen molar-refractivity contribution in [1.29, 1.82) is 0 Å². The molecule has 0 aliphatic carbocycles. The number of methoxy groups -OCH3 is 1. The summed E-state index contributed by atoms with van der Waals surface area (Å²) in [5.74, 6) is -0.0737. The van der Waals surface area contributed by atoms with E-state index in [1.165, 1.54) is 22.6 Å². The lowest BCUT2D eigenvalue weighted by atomic mass is 9.83. The number of fused-ring (bicyclic) bond motifs is 2. The number of nitrogens with one attached hydrogen (secondary N) is 2. The molecule has 0 spiro atoms. The molecule has 1 aliphatic rings. The SMILES string of the molecule is COc1ccc(C2(NC(=O)c3cc4c(=O)[nH]c(-c5ccc6ccccc6c5)cn4n3)CN(C(=O)OC(C)(C)C)C2)cn1. The maximum absolute atomic E-state index is 13.6. The molecule has 0 radical (unpaired) electrons. The van der Waals surface area contributed by atoms with Gasteiger partial charge in [0.15, 0.2) is 5.69 Å². The van der Waals surface area contributed by atoms with Gasteiger partial charge in [-0.3, -0.25) is 9.59 Å². The van der Waals surface area contributed by atoms with E-state index < -0.39 is 23.1 Å². The van der Waals surface area contributed by atoms with Crippen LogP contribution in [0.15, 0.2) is 77.9 Å². The van der Waals surface area contributed by atoms with Crippen molar-refractivity contribution in [3.63, 3.8) is 0 Å². The topological polar surface area (TPSA) is 131 Å². The summed E-state index contributed by atoms with van der Waals surface area (Å²) in [6, 6.07) is 18.8. The smallest absolute Gasteiger partial charge is 0.410 e. The minimum Gasteiger partial charge on any atom is -0.481 e. The van der Waals surface area contributed by atoms with Gasteiger partial charge in [-0.15, -0.1) is 0 Å². The van der Waals surface area contributed by atoms with E-state index >= 15 is 0 Å². The first-order chi connectivity index (χ1) is 20.0. The number of nitrogens with zero attached hydrogens (tertiary/aromatic N) is 4. The van der Waals surface area contributed by atoms with Crippen molar-refractivity contribution in [2.75, 3.05) is 20.2 Å². The Hall–Kier alpha value is -5.19. The predicted molar refractivity (Wildman–Crippen MR) is 156 cm³/mol. The number of rotatable bonds is 5. The molecule has 2 amide bonds. The number of benzene rings is 2. The van der Waals surface area contributed by atoms with Gasteiger partial charge in [-0.1, -0.05) is 36.4 Å². The minimum absolute atomic E-state index is 0.0627. The van der Waals surface area contributed by atoms with Gasteiger partial charge in [0.1, 0.15) is 16.7 Å². The van der Waals surface area contributed by atoms with Crippen LogP contribution in [-0.2, 0) is 10.3 Å². The summed E-state index contributed by atoms with van der Waals surface area (Å²) < 4.78 is 12.1. The quantitative estimate of drug-likeness (QED) is 0.327. The molecule has 1 saturated heterocycles. The normalized spacial score (nSPS) is 14.4. The first kappa shape index (κ1) is 27.0. The van der Waals surface area contributed by atoms with Crippen LogP contribution in [0.1, 0.15) is 36.8 Å². The first-order valence-corrected chi connectivity index (χ1v) is 13.5. The van der Waals surface area contributed by atoms with Crippen molar-refractivity contribution in [1.82, 2.24) is 29.8 Å². The monoisotopic (exact) mass is 566 g/mol. The number of H-pyrrole nitrogens is 1. The summed E-state index contributed by atoms with van der Waals surface area (Å²) in [6.07, 6.45) is 2.82. The lowest BCUT2D eigenvalue weighted by Gasteiger charge is -2.50. The molecule has 1 fully saturated rings. The summed E-state index contributed by atoms with van der Waals surface area (Å²) in [4.78, 5) is 48.0. The molecule has 5 aromatic rings.